The molecule has 0 radical (unpaired) electrons. The number of nitrogens with two attached hydrogens (primary N) is 1. The summed E-state index contributed by atoms with van der Waals surface area (Å²) in [5.41, 5.74) is 5.63. The predicted molar refractivity (Wildman–Crippen MR) is 58.1 cm³/mol. The van der Waals surface area contributed by atoms with Crippen LogP contribution in [0.4, 0.5) is 0 Å². The molecule has 102 valence electrons. The van der Waals surface area contributed by atoms with Gasteiger partial charge in [-0.05, 0) is 12.1 Å². The summed E-state index contributed by atoms with van der Waals surface area (Å²) in [6, 6.07) is -1.18. The van der Waals surface area contributed by atoms with Crippen molar-refractivity contribution >= 4 is 13.6 Å². The van der Waals surface area contributed by atoms with Crippen molar-refractivity contribution in [2.24, 2.45) is 5.73 Å². The SMILES string of the molecule is Cc1onc(OCP(=O)(O)O)c1C[C@H](N)C(=O)O. The summed E-state index contributed by atoms with van der Waals surface area (Å²) >= 11 is 0. The standard InChI is InChI=1S/C8H13N2O7P/c1-4-5(2-6(9)8(11)12)7(10-17-4)16-3-18(13,14)15/h6H,2-3,9H2,1H3,(H,11,12)(H2,13,14,15)/t6-/m0/s1. The van der Waals surface area contributed by atoms with Gasteiger partial charge in [-0.2, -0.15) is 0 Å². The van der Waals surface area contributed by atoms with Gasteiger partial charge in [-0.3, -0.25) is 9.36 Å². The van der Waals surface area contributed by atoms with Crippen LogP contribution in [-0.4, -0.2) is 38.4 Å². The Morgan fingerprint density at radius 1 is 1.61 bits per heavy atom. The van der Waals surface area contributed by atoms with Crippen molar-refractivity contribution in [2.45, 2.75) is 19.4 Å². The van der Waals surface area contributed by atoms with E-state index in [2.05, 4.69) is 5.16 Å². The quantitative estimate of drug-likeness (QED) is 0.502. The van der Waals surface area contributed by atoms with Crippen molar-refractivity contribution in [3.8, 4) is 5.88 Å². The Labute approximate surface area is 102 Å². The smallest absolute Gasteiger partial charge is 0.362 e. The number of nitrogens with zero attached hydrogens (tertiary/aromatic N) is 1. The van der Waals surface area contributed by atoms with Crippen molar-refractivity contribution in [3.05, 3.63) is 11.3 Å². The highest BCUT2D eigenvalue weighted by Crippen LogP contribution is 2.35. The lowest BCUT2D eigenvalue weighted by Gasteiger charge is -2.08. The van der Waals surface area contributed by atoms with Crippen LogP contribution in [0.2, 0.25) is 0 Å². The first-order valence-corrected chi connectivity index (χ1v) is 6.61. The van der Waals surface area contributed by atoms with Gasteiger partial charge >= 0.3 is 13.6 Å². The first-order chi connectivity index (χ1) is 8.20. The number of carbonyl (C=O) groups is 1. The Morgan fingerprint density at radius 2 is 2.22 bits per heavy atom. The number of carboxylic acid groups (broad SMARTS) is 1. The van der Waals surface area contributed by atoms with Crippen molar-refractivity contribution in [3.63, 3.8) is 0 Å². The normalized spacial score (nSPS) is 13.3. The highest BCUT2D eigenvalue weighted by Gasteiger charge is 2.23. The van der Waals surface area contributed by atoms with E-state index in [1.807, 2.05) is 0 Å². The van der Waals surface area contributed by atoms with Crippen LogP contribution in [0.5, 0.6) is 5.88 Å². The molecule has 0 saturated carbocycles. The third-order valence-corrected chi connectivity index (χ3v) is 2.52. The molecule has 0 aliphatic carbocycles. The van der Waals surface area contributed by atoms with Crippen LogP contribution in [0, 0.1) is 6.92 Å². The van der Waals surface area contributed by atoms with Gasteiger partial charge in [0.1, 0.15) is 11.8 Å². The van der Waals surface area contributed by atoms with Gasteiger partial charge in [0.2, 0.25) is 0 Å². The molecule has 0 aliphatic rings. The van der Waals surface area contributed by atoms with Gasteiger partial charge in [0.15, 0.2) is 6.35 Å². The molecular weight excluding hydrogens is 267 g/mol. The number of aromatic nitrogens is 1. The van der Waals surface area contributed by atoms with E-state index in [4.69, 9.17) is 29.9 Å². The fourth-order valence-electron chi connectivity index (χ4n) is 1.17. The molecule has 0 amide bonds. The summed E-state index contributed by atoms with van der Waals surface area (Å²) < 4.78 is 20.2. The molecule has 1 aromatic heterocycles. The Hall–Kier alpha value is -1.41. The third kappa shape index (κ3) is 4.11. The van der Waals surface area contributed by atoms with E-state index in [0.29, 0.717) is 0 Å². The van der Waals surface area contributed by atoms with Gasteiger partial charge in [0.25, 0.3) is 5.88 Å². The van der Waals surface area contributed by atoms with Crippen LogP contribution in [-0.2, 0) is 15.8 Å². The van der Waals surface area contributed by atoms with Crippen LogP contribution >= 0.6 is 7.60 Å². The van der Waals surface area contributed by atoms with Crippen LogP contribution in [0.3, 0.4) is 0 Å². The summed E-state index contributed by atoms with van der Waals surface area (Å²) in [5, 5.41) is 12.1. The van der Waals surface area contributed by atoms with Gasteiger partial charge in [-0.1, -0.05) is 0 Å². The van der Waals surface area contributed by atoms with E-state index in [-0.39, 0.29) is 23.6 Å². The second-order valence-electron chi connectivity index (χ2n) is 3.61. The van der Waals surface area contributed by atoms with Crippen LogP contribution in [0.15, 0.2) is 4.52 Å². The number of hydrogen-bond donors (Lipinski definition) is 4. The van der Waals surface area contributed by atoms with Crippen LogP contribution < -0.4 is 10.5 Å². The molecular formula is C8H13N2O7P. The zero-order valence-electron chi connectivity index (χ0n) is 9.44. The summed E-state index contributed by atoms with van der Waals surface area (Å²) in [7, 11) is -4.35. The minimum atomic E-state index is -4.35. The fourth-order valence-corrected chi connectivity index (χ4v) is 1.46. The maximum absolute atomic E-state index is 10.6. The molecule has 0 unspecified atom stereocenters. The Bertz CT molecular complexity index is 480. The summed E-state index contributed by atoms with van der Waals surface area (Å²) in [5.74, 6) is -1.09. The molecule has 9 nitrogen and oxygen atoms in total. The molecule has 5 N–H and O–H groups in total. The minimum Gasteiger partial charge on any atom is -0.480 e. The highest BCUT2D eigenvalue weighted by molar-refractivity contribution is 7.51. The lowest BCUT2D eigenvalue weighted by atomic mass is 10.1. The van der Waals surface area contributed by atoms with Crippen molar-refractivity contribution in [1.29, 1.82) is 0 Å². The fraction of sp³-hybridized carbons (Fsp3) is 0.500. The minimum absolute atomic E-state index is 0.110. The number of aryl methyl sites for hydroxylation is 1. The monoisotopic (exact) mass is 280 g/mol. The van der Waals surface area contributed by atoms with Gasteiger partial charge in [-0.15, -0.1) is 0 Å². The van der Waals surface area contributed by atoms with E-state index in [1.165, 1.54) is 6.92 Å². The molecule has 0 spiro atoms. The first-order valence-electron chi connectivity index (χ1n) is 4.81. The average molecular weight is 280 g/mol. The lowest BCUT2D eigenvalue weighted by molar-refractivity contribution is -0.138. The number of ether oxygens (including phenoxy) is 1. The molecule has 1 heterocycles. The van der Waals surface area contributed by atoms with Gasteiger partial charge in [0.05, 0.1) is 5.56 Å². The molecule has 0 aliphatic heterocycles. The second-order valence-corrected chi connectivity index (χ2v) is 5.20. The lowest BCUT2D eigenvalue weighted by Crippen LogP contribution is -2.32. The van der Waals surface area contributed by atoms with Crippen molar-refractivity contribution in [2.75, 3.05) is 6.35 Å². The largest absolute Gasteiger partial charge is 0.480 e. The Morgan fingerprint density at radius 3 is 2.72 bits per heavy atom. The first kappa shape index (κ1) is 14.7. The molecule has 0 aromatic carbocycles. The maximum atomic E-state index is 10.6. The van der Waals surface area contributed by atoms with Crippen LogP contribution in [0.25, 0.3) is 0 Å². The topological polar surface area (TPSA) is 156 Å². The highest BCUT2D eigenvalue weighted by atomic mass is 31.2. The van der Waals surface area contributed by atoms with E-state index in [1.54, 1.807) is 0 Å². The Kier molecular flexibility index (Phi) is 4.47. The predicted octanol–water partition coefficient (Wildman–Crippen LogP) is -0.549. The van der Waals surface area contributed by atoms with Crippen LogP contribution in [0.1, 0.15) is 11.3 Å². The molecule has 1 atom stereocenters. The van der Waals surface area contributed by atoms with E-state index < -0.39 is 26.0 Å². The van der Waals surface area contributed by atoms with Gasteiger partial charge < -0.3 is 29.9 Å². The molecule has 18 heavy (non-hydrogen) atoms. The zero-order valence-corrected chi connectivity index (χ0v) is 10.3. The summed E-state index contributed by atoms with van der Waals surface area (Å²) in [6.07, 6.45) is -0.977. The molecule has 0 bridgehead atoms. The van der Waals surface area contributed by atoms with Crippen molar-refractivity contribution < 1.29 is 33.5 Å². The average Bonchev–Trinajstić information content (AvgIpc) is 2.56. The van der Waals surface area contributed by atoms with Gasteiger partial charge in [-0.25, -0.2) is 0 Å². The van der Waals surface area contributed by atoms with E-state index in [0.717, 1.165) is 0 Å². The van der Waals surface area contributed by atoms with E-state index >= 15 is 0 Å². The van der Waals surface area contributed by atoms with Crippen molar-refractivity contribution in [1.82, 2.24) is 5.16 Å². The summed E-state index contributed by atoms with van der Waals surface area (Å²) in [4.78, 5) is 27.9. The zero-order chi connectivity index (χ0) is 13.9. The van der Waals surface area contributed by atoms with Gasteiger partial charge in [0, 0.05) is 6.42 Å². The molecule has 1 rings (SSSR count). The number of hydrogen-bond acceptors (Lipinski definition) is 6. The van der Waals surface area contributed by atoms with E-state index in [9.17, 15) is 9.36 Å². The number of rotatable bonds is 6. The maximum Gasteiger partial charge on any atom is 0.362 e. The molecule has 0 saturated heterocycles. The molecule has 0 fully saturated rings. The molecule has 10 heteroatoms. The number of aliphatic carboxylic acids is 1. The molecule has 1 aromatic rings. The summed E-state index contributed by atoms with van der Waals surface area (Å²) in [6.45, 7) is 1.52. The number of carboxylic acids is 1. The second kappa shape index (κ2) is 5.49. The Balaban J connectivity index is 2.81. The third-order valence-electron chi connectivity index (χ3n) is 2.06.